The standard InChI is InChI=1S/C13H12Cl2FN3/c1-7-2-3-9(16)5-10(7)12(19-17)13-11(15)4-8(14)6-18-13/h2-6,12,19H,17H2,1H3. The van der Waals surface area contributed by atoms with Crippen LogP contribution in [0, 0.1) is 12.7 Å². The summed E-state index contributed by atoms with van der Waals surface area (Å²) >= 11 is 11.9. The molecular weight excluding hydrogens is 288 g/mol. The van der Waals surface area contributed by atoms with Crippen molar-refractivity contribution >= 4 is 23.2 Å². The van der Waals surface area contributed by atoms with Crippen LogP contribution < -0.4 is 11.3 Å². The molecule has 0 saturated carbocycles. The lowest BCUT2D eigenvalue weighted by atomic mass is 9.98. The molecule has 3 nitrogen and oxygen atoms in total. The van der Waals surface area contributed by atoms with Gasteiger partial charge < -0.3 is 0 Å². The first kappa shape index (κ1) is 14.2. The molecule has 0 spiro atoms. The number of aromatic nitrogens is 1. The van der Waals surface area contributed by atoms with Crippen LogP contribution >= 0.6 is 23.2 Å². The predicted octanol–water partition coefficient (Wildman–Crippen LogP) is 3.39. The second-order valence-electron chi connectivity index (χ2n) is 4.12. The van der Waals surface area contributed by atoms with Crippen LogP contribution in [0.1, 0.15) is 22.9 Å². The first-order valence-corrected chi connectivity index (χ1v) is 6.31. The van der Waals surface area contributed by atoms with E-state index >= 15 is 0 Å². The Labute approximate surface area is 120 Å². The Hall–Kier alpha value is -1.20. The molecule has 0 saturated heterocycles. The fourth-order valence-corrected chi connectivity index (χ4v) is 2.37. The van der Waals surface area contributed by atoms with Crippen LogP contribution in [0.5, 0.6) is 0 Å². The number of aryl methyl sites for hydroxylation is 1. The Morgan fingerprint density at radius 2 is 2.05 bits per heavy atom. The topological polar surface area (TPSA) is 50.9 Å². The van der Waals surface area contributed by atoms with Gasteiger partial charge in [0.05, 0.1) is 21.8 Å². The van der Waals surface area contributed by atoms with Gasteiger partial charge in [0.25, 0.3) is 0 Å². The van der Waals surface area contributed by atoms with Crippen molar-refractivity contribution in [2.24, 2.45) is 5.84 Å². The molecule has 6 heteroatoms. The minimum absolute atomic E-state index is 0.342. The lowest BCUT2D eigenvalue weighted by Crippen LogP contribution is -2.30. The number of nitrogens with zero attached hydrogens (tertiary/aromatic N) is 1. The zero-order valence-corrected chi connectivity index (χ0v) is 11.6. The fraction of sp³-hybridized carbons (Fsp3) is 0.154. The summed E-state index contributed by atoms with van der Waals surface area (Å²) < 4.78 is 13.4. The molecule has 0 aliphatic rings. The maximum Gasteiger partial charge on any atom is 0.123 e. The summed E-state index contributed by atoms with van der Waals surface area (Å²) in [5.41, 5.74) is 4.67. The van der Waals surface area contributed by atoms with Crippen molar-refractivity contribution in [2.45, 2.75) is 13.0 Å². The molecule has 1 unspecified atom stereocenters. The largest absolute Gasteiger partial charge is 0.271 e. The van der Waals surface area contributed by atoms with E-state index in [4.69, 9.17) is 29.0 Å². The van der Waals surface area contributed by atoms with E-state index in [1.165, 1.54) is 18.3 Å². The minimum atomic E-state index is -0.500. The average molecular weight is 300 g/mol. The summed E-state index contributed by atoms with van der Waals surface area (Å²) in [5, 5.41) is 0.805. The van der Waals surface area contributed by atoms with Crippen LogP contribution in [0.3, 0.4) is 0 Å². The highest BCUT2D eigenvalue weighted by atomic mass is 35.5. The molecule has 0 bridgehead atoms. The van der Waals surface area contributed by atoms with Crippen LogP contribution in [0.15, 0.2) is 30.5 Å². The third kappa shape index (κ3) is 3.04. The molecule has 1 heterocycles. The van der Waals surface area contributed by atoms with Gasteiger partial charge in [0.1, 0.15) is 5.82 Å². The Morgan fingerprint density at radius 1 is 1.32 bits per heavy atom. The summed E-state index contributed by atoms with van der Waals surface area (Å²) in [6.07, 6.45) is 1.47. The smallest absolute Gasteiger partial charge is 0.123 e. The fourth-order valence-electron chi connectivity index (χ4n) is 1.88. The van der Waals surface area contributed by atoms with Gasteiger partial charge in [-0.3, -0.25) is 10.8 Å². The minimum Gasteiger partial charge on any atom is -0.271 e. The second-order valence-corrected chi connectivity index (χ2v) is 4.96. The van der Waals surface area contributed by atoms with Gasteiger partial charge in [-0.2, -0.15) is 0 Å². The van der Waals surface area contributed by atoms with E-state index in [0.717, 1.165) is 5.56 Å². The molecule has 3 N–H and O–H groups in total. The summed E-state index contributed by atoms with van der Waals surface area (Å²) in [4.78, 5) is 4.17. The third-order valence-electron chi connectivity index (χ3n) is 2.83. The lowest BCUT2D eigenvalue weighted by Gasteiger charge is -2.19. The number of hydrogen-bond donors (Lipinski definition) is 2. The van der Waals surface area contributed by atoms with Crippen molar-refractivity contribution < 1.29 is 4.39 Å². The molecule has 1 aromatic heterocycles. The summed E-state index contributed by atoms with van der Waals surface area (Å²) in [6.45, 7) is 1.86. The molecular formula is C13H12Cl2FN3. The second kappa shape index (κ2) is 5.84. The molecule has 0 aliphatic heterocycles. The van der Waals surface area contributed by atoms with Crippen molar-refractivity contribution in [3.05, 3.63) is 63.1 Å². The number of nitrogens with two attached hydrogens (primary N) is 1. The SMILES string of the molecule is Cc1ccc(F)cc1C(NN)c1ncc(Cl)cc1Cl. The van der Waals surface area contributed by atoms with Gasteiger partial charge in [-0.25, -0.2) is 9.82 Å². The molecule has 100 valence electrons. The van der Waals surface area contributed by atoms with Crippen LogP contribution in [0.4, 0.5) is 4.39 Å². The zero-order valence-electron chi connectivity index (χ0n) is 10.1. The van der Waals surface area contributed by atoms with Crippen molar-refractivity contribution in [3.8, 4) is 0 Å². The Balaban J connectivity index is 2.52. The van der Waals surface area contributed by atoms with Gasteiger partial charge in [0, 0.05) is 6.20 Å². The Bertz CT molecular complexity index is 604. The van der Waals surface area contributed by atoms with Gasteiger partial charge in [-0.05, 0) is 36.2 Å². The van der Waals surface area contributed by atoms with E-state index < -0.39 is 6.04 Å². The quantitative estimate of drug-likeness (QED) is 0.675. The van der Waals surface area contributed by atoms with Crippen LogP contribution in [-0.2, 0) is 0 Å². The van der Waals surface area contributed by atoms with E-state index in [9.17, 15) is 4.39 Å². The summed E-state index contributed by atoms with van der Waals surface area (Å²) in [6, 6.07) is 5.56. The van der Waals surface area contributed by atoms with E-state index in [2.05, 4.69) is 10.4 Å². The van der Waals surface area contributed by atoms with Crippen LogP contribution in [0.25, 0.3) is 0 Å². The Kier molecular flexibility index (Phi) is 4.37. The third-order valence-corrected chi connectivity index (χ3v) is 3.34. The van der Waals surface area contributed by atoms with Crippen LogP contribution in [0.2, 0.25) is 10.0 Å². The number of halogens is 3. The van der Waals surface area contributed by atoms with Gasteiger partial charge in [0.15, 0.2) is 0 Å². The van der Waals surface area contributed by atoms with E-state index in [1.54, 1.807) is 12.1 Å². The number of nitrogens with one attached hydrogen (secondary N) is 1. The molecule has 2 rings (SSSR count). The lowest BCUT2D eigenvalue weighted by molar-refractivity contribution is 0.595. The maximum absolute atomic E-state index is 13.4. The summed E-state index contributed by atoms with van der Waals surface area (Å²) in [7, 11) is 0. The van der Waals surface area contributed by atoms with E-state index in [0.29, 0.717) is 21.3 Å². The molecule has 0 radical (unpaired) electrons. The molecule has 19 heavy (non-hydrogen) atoms. The van der Waals surface area contributed by atoms with Gasteiger partial charge in [-0.1, -0.05) is 29.3 Å². The number of hydrazine groups is 1. The average Bonchev–Trinajstić information content (AvgIpc) is 2.36. The predicted molar refractivity (Wildman–Crippen MR) is 74.6 cm³/mol. The first-order valence-electron chi connectivity index (χ1n) is 5.56. The van der Waals surface area contributed by atoms with E-state index in [-0.39, 0.29) is 5.82 Å². The first-order chi connectivity index (χ1) is 9.02. The monoisotopic (exact) mass is 299 g/mol. The van der Waals surface area contributed by atoms with Gasteiger partial charge in [-0.15, -0.1) is 0 Å². The molecule has 0 aliphatic carbocycles. The van der Waals surface area contributed by atoms with Gasteiger partial charge >= 0.3 is 0 Å². The number of benzene rings is 1. The van der Waals surface area contributed by atoms with E-state index in [1.807, 2.05) is 6.92 Å². The van der Waals surface area contributed by atoms with Crippen molar-refractivity contribution in [3.63, 3.8) is 0 Å². The highest BCUT2D eigenvalue weighted by Gasteiger charge is 2.19. The van der Waals surface area contributed by atoms with Crippen molar-refractivity contribution in [2.75, 3.05) is 0 Å². The number of hydrogen-bond acceptors (Lipinski definition) is 3. The maximum atomic E-state index is 13.4. The summed E-state index contributed by atoms with van der Waals surface area (Å²) in [5.74, 6) is 5.22. The molecule has 1 atom stereocenters. The molecule has 2 aromatic rings. The van der Waals surface area contributed by atoms with Crippen LogP contribution in [-0.4, -0.2) is 4.98 Å². The van der Waals surface area contributed by atoms with Crippen molar-refractivity contribution in [1.82, 2.24) is 10.4 Å². The van der Waals surface area contributed by atoms with Gasteiger partial charge in [0.2, 0.25) is 0 Å². The normalized spacial score (nSPS) is 12.5. The highest BCUT2D eigenvalue weighted by molar-refractivity contribution is 6.34. The molecule has 1 aromatic carbocycles. The Morgan fingerprint density at radius 3 is 2.68 bits per heavy atom. The zero-order chi connectivity index (χ0) is 14.0. The number of rotatable bonds is 3. The molecule has 0 amide bonds. The number of pyridine rings is 1. The molecule has 0 fully saturated rings. The highest BCUT2D eigenvalue weighted by Crippen LogP contribution is 2.29. The van der Waals surface area contributed by atoms with Crippen molar-refractivity contribution in [1.29, 1.82) is 0 Å².